The summed E-state index contributed by atoms with van der Waals surface area (Å²) in [5.41, 5.74) is 4.53. The number of nitrogens with zero attached hydrogens (tertiary/aromatic N) is 2. The van der Waals surface area contributed by atoms with Crippen molar-refractivity contribution in [1.82, 2.24) is 9.78 Å². The smallest absolute Gasteiger partial charge is 0.121 e. The van der Waals surface area contributed by atoms with Crippen LogP contribution in [0.4, 0.5) is 5.69 Å². The molecule has 0 saturated carbocycles. The molecule has 0 aliphatic heterocycles. The van der Waals surface area contributed by atoms with E-state index < -0.39 is 0 Å². The molecule has 114 valence electrons. The number of benzene rings is 1. The Hall–Kier alpha value is -2.01. The molecule has 2 rings (SSSR count). The number of aryl methyl sites for hydroxylation is 2. The molecule has 0 unspecified atom stereocenters. The van der Waals surface area contributed by atoms with Gasteiger partial charge in [-0.25, -0.2) is 0 Å². The van der Waals surface area contributed by atoms with Gasteiger partial charge in [0, 0.05) is 43.7 Å². The summed E-state index contributed by atoms with van der Waals surface area (Å²) in [6.45, 7) is 6.02. The van der Waals surface area contributed by atoms with E-state index >= 15 is 0 Å². The van der Waals surface area contributed by atoms with Gasteiger partial charge >= 0.3 is 0 Å². The minimum Gasteiger partial charge on any atom is -0.491 e. The zero-order valence-electron chi connectivity index (χ0n) is 13.1. The molecule has 0 aliphatic rings. The zero-order valence-corrected chi connectivity index (χ0v) is 13.1. The fourth-order valence-corrected chi connectivity index (χ4v) is 2.20. The molecule has 2 aromatic rings. The normalized spacial score (nSPS) is 10.7. The minimum absolute atomic E-state index is 0.556. The second-order valence-electron chi connectivity index (χ2n) is 5.00. The molecule has 5 nitrogen and oxygen atoms in total. The highest BCUT2D eigenvalue weighted by Crippen LogP contribution is 2.19. The van der Waals surface area contributed by atoms with E-state index in [9.17, 15) is 0 Å². The average molecular weight is 289 g/mol. The highest BCUT2D eigenvalue weighted by atomic mass is 16.5. The Labute approximate surface area is 125 Å². The standard InChI is InChI=1S/C16H23N3O2/c1-12-16(13(2)19(3)18-12)11-17-14-6-5-7-15(10-14)21-9-8-20-4/h5-7,10,17H,8-9,11H2,1-4H3. The van der Waals surface area contributed by atoms with Gasteiger partial charge in [0.2, 0.25) is 0 Å². The van der Waals surface area contributed by atoms with Gasteiger partial charge in [-0.1, -0.05) is 6.07 Å². The molecule has 21 heavy (non-hydrogen) atoms. The molecule has 1 N–H and O–H groups in total. The van der Waals surface area contributed by atoms with Crippen molar-refractivity contribution in [3.63, 3.8) is 0 Å². The van der Waals surface area contributed by atoms with Crippen molar-refractivity contribution in [3.8, 4) is 5.75 Å². The fourth-order valence-electron chi connectivity index (χ4n) is 2.20. The van der Waals surface area contributed by atoms with E-state index in [4.69, 9.17) is 9.47 Å². The molecule has 0 radical (unpaired) electrons. The van der Waals surface area contributed by atoms with E-state index in [0.29, 0.717) is 13.2 Å². The molecule has 1 aromatic heterocycles. The third-order valence-corrected chi connectivity index (χ3v) is 3.52. The summed E-state index contributed by atoms with van der Waals surface area (Å²) in [6, 6.07) is 7.95. The maximum atomic E-state index is 5.61. The lowest BCUT2D eigenvalue weighted by Crippen LogP contribution is -2.05. The van der Waals surface area contributed by atoms with E-state index in [0.717, 1.165) is 23.7 Å². The van der Waals surface area contributed by atoms with Crippen molar-refractivity contribution in [1.29, 1.82) is 0 Å². The van der Waals surface area contributed by atoms with Gasteiger partial charge in [0.1, 0.15) is 12.4 Å². The van der Waals surface area contributed by atoms with Crippen molar-refractivity contribution >= 4 is 5.69 Å². The molecular formula is C16H23N3O2. The van der Waals surface area contributed by atoms with Crippen LogP contribution in [0.15, 0.2) is 24.3 Å². The lowest BCUT2D eigenvalue weighted by atomic mass is 10.2. The molecule has 0 saturated heterocycles. The summed E-state index contributed by atoms with van der Waals surface area (Å²) in [5.74, 6) is 0.844. The summed E-state index contributed by atoms with van der Waals surface area (Å²) in [7, 11) is 3.63. The Kier molecular flexibility index (Phi) is 5.22. The number of hydrogen-bond donors (Lipinski definition) is 1. The fraction of sp³-hybridized carbons (Fsp3) is 0.438. The molecule has 0 aliphatic carbocycles. The third-order valence-electron chi connectivity index (χ3n) is 3.52. The number of hydrogen-bond acceptors (Lipinski definition) is 4. The van der Waals surface area contributed by atoms with Crippen LogP contribution in [0.25, 0.3) is 0 Å². The van der Waals surface area contributed by atoms with Crippen LogP contribution in [-0.2, 0) is 18.3 Å². The van der Waals surface area contributed by atoms with Gasteiger partial charge < -0.3 is 14.8 Å². The molecule has 0 bridgehead atoms. The summed E-state index contributed by atoms with van der Waals surface area (Å²) in [4.78, 5) is 0. The second-order valence-corrected chi connectivity index (χ2v) is 5.00. The van der Waals surface area contributed by atoms with Gasteiger partial charge in [-0.2, -0.15) is 5.10 Å². The third kappa shape index (κ3) is 3.98. The van der Waals surface area contributed by atoms with Gasteiger partial charge in [0.15, 0.2) is 0 Å². The van der Waals surface area contributed by atoms with Crippen molar-refractivity contribution < 1.29 is 9.47 Å². The van der Waals surface area contributed by atoms with Gasteiger partial charge in [-0.3, -0.25) is 4.68 Å². The Morgan fingerprint density at radius 3 is 2.71 bits per heavy atom. The Morgan fingerprint density at radius 2 is 2.05 bits per heavy atom. The van der Waals surface area contributed by atoms with E-state index in [-0.39, 0.29) is 0 Å². The molecule has 0 fully saturated rings. The van der Waals surface area contributed by atoms with Crippen LogP contribution in [-0.4, -0.2) is 30.1 Å². The summed E-state index contributed by atoms with van der Waals surface area (Å²) in [5, 5.41) is 7.85. The van der Waals surface area contributed by atoms with Crippen LogP contribution in [0.2, 0.25) is 0 Å². The van der Waals surface area contributed by atoms with Crippen LogP contribution in [0, 0.1) is 13.8 Å². The van der Waals surface area contributed by atoms with Crippen LogP contribution >= 0.6 is 0 Å². The molecule has 0 amide bonds. The molecule has 0 spiro atoms. The summed E-state index contributed by atoms with van der Waals surface area (Å²) < 4.78 is 12.5. The lowest BCUT2D eigenvalue weighted by Gasteiger charge is -2.10. The maximum Gasteiger partial charge on any atom is 0.121 e. The van der Waals surface area contributed by atoms with Crippen molar-refractivity contribution in [2.75, 3.05) is 25.6 Å². The first-order valence-corrected chi connectivity index (χ1v) is 7.06. The van der Waals surface area contributed by atoms with E-state index in [1.807, 2.05) is 42.9 Å². The SMILES string of the molecule is COCCOc1cccc(NCc2c(C)nn(C)c2C)c1. The largest absolute Gasteiger partial charge is 0.491 e. The number of rotatable bonds is 7. The number of anilines is 1. The van der Waals surface area contributed by atoms with Gasteiger partial charge in [0.25, 0.3) is 0 Å². The Balaban J connectivity index is 1.98. The first-order valence-electron chi connectivity index (χ1n) is 7.06. The highest BCUT2D eigenvalue weighted by Gasteiger charge is 2.08. The number of ether oxygens (including phenoxy) is 2. The van der Waals surface area contributed by atoms with E-state index in [1.54, 1.807) is 7.11 Å². The Morgan fingerprint density at radius 1 is 1.24 bits per heavy atom. The van der Waals surface area contributed by atoms with E-state index in [2.05, 4.69) is 17.3 Å². The second kappa shape index (κ2) is 7.13. The minimum atomic E-state index is 0.556. The quantitative estimate of drug-likeness (QED) is 0.796. The van der Waals surface area contributed by atoms with Crippen LogP contribution in [0.1, 0.15) is 17.0 Å². The predicted octanol–water partition coefficient (Wildman–Crippen LogP) is 2.67. The predicted molar refractivity (Wildman–Crippen MR) is 83.8 cm³/mol. The summed E-state index contributed by atoms with van der Waals surface area (Å²) >= 11 is 0. The van der Waals surface area contributed by atoms with Gasteiger partial charge in [0.05, 0.1) is 12.3 Å². The van der Waals surface area contributed by atoms with Crippen LogP contribution < -0.4 is 10.1 Å². The maximum absolute atomic E-state index is 5.61. The zero-order chi connectivity index (χ0) is 15.2. The highest BCUT2D eigenvalue weighted by molar-refractivity contribution is 5.49. The molecule has 0 atom stereocenters. The van der Waals surface area contributed by atoms with Crippen molar-refractivity contribution in [2.24, 2.45) is 7.05 Å². The van der Waals surface area contributed by atoms with Crippen LogP contribution in [0.5, 0.6) is 5.75 Å². The monoisotopic (exact) mass is 289 g/mol. The van der Waals surface area contributed by atoms with Crippen LogP contribution in [0.3, 0.4) is 0 Å². The first kappa shape index (κ1) is 15.4. The number of methoxy groups -OCH3 is 1. The number of nitrogens with one attached hydrogen (secondary N) is 1. The van der Waals surface area contributed by atoms with E-state index in [1.165, 1.54) is 11.3 Å². The topological polar surface area (TPSA) is 48.3 Å². The average Bonchev–Trinajstić information content (AvgIpc) is 2.71. The Bertz CT molecular complexity index is 593. The molecule has 1 aromatic carbocycles. The molecular weight excluding hydrogens is 266 g/mol. The first-order chi connectivity index (χ1) is 10.1. The summed E-state index contributed by atoms with van der Waals surface area (Å²) in [6.07, 6.45) is 0. The van der Waals surface area contributed by atoms with Gasteiger partial charge in [-0.05, 0) is 26.0 Å². The lowest BCUT2D eigenvalue weighted by molar-refractivity contribution is 0.146. The molecule has 5 heteroatoms. The van der Waals surface area contributed by atoms with Gasteiger partial charge in [-0.15, -0.1) is 0 Å². The van der Waals surface area contributed by atoms with Crippen molar-refractivity contribution in [2.45, 2.75) is 20.4 Å². The molecule has 1 heterocycles. The van der Waals surface area contributed by atoms with Crippen molar-refractivity contribution in [3.05, 3.63) is 41.2 Å². The number of aromatic nitrogens is 2.